The molecule has 0 heterocycles. The Morgan fingerprint density at radius 3 is 1.96 bits per heavy atom. The van der Waals surface area contributed by atoms with Crippen LogP contribution in [0.25, 0.3) is 0 Å². The van der Waals surface area contributed by atoms with Crippen LogP contribution >= 0.6 is 0 Å². The molecule has 0 bridgehead atoms. The SMILES string of the molecule is c1ccc(CCCCNCc2ccc(OCc3ccccc3)cc2)cc1. The van der Waals surface area contributed by atoms with Crippen LogP contribution in [0.5, 0.6) is 5.75 Å². The lowest BCUT2D eigenvalue weighted by molar-refractivity contribution is 0.306. The first-order valence-corrected chi connectivity index (χ1v) is 9.40. The van der Waals surface area contributed by atoms with Crippen LogP contribution < -0.4 is 10.1 Å². The van der Waals surface area contributed by atoms with Crippen LogP contribution in [0.1, 0.15) is 29.5 Å². The monoisotopic (exact) mass is 345 g/mol. The van der Waals surface area contributed by atoms with Gasteiger partial charge in [0.25, 0.3) is 0 Å². The maximum absolute atomic E-state index is 5.83. The van der Waals surface area contributed by atoms with Crippen molar-refractivity contribution in [2.75, 3.05) is 6.54 Å². The number of hydrogen-bond donors (Lipinski definition) is 1. The first-order chi connectivity index (χ1) is 12.9. The maximum atomic E-state index is 5.83. The van der Waals surface area contributed by atoms with Crippen molar-refractivity contribution >= 4 is 0 Å². The highest BCUT2D eigenvalue weighted by atomic mass is 16.5. The molecule has 26 heavy (non-hydrogen) atoms. The Morgan fingerprint density at radius 1 is 0.615 bits per heavy atom. The molecule has 0 aromatic heterocycles. The predicted molar refractivity (Wildman–Crippen MR) is 108 cm³/mol. The Labute approximate surface area is 156 Å². The smallest absolute Gasteiger partial charge is 0.119 e. The highest BCUT2D eigenvalue weighted by molar-refractivity contribution is 5.27. The van der Waals surface area contributed by atoms with Crippen LogP contribution in [0, 0.1) is 0 Å². The van der Waals surface area contributed by atoms with Crippen LogP contribution in [0.2, 0.25) is 0 Å². The van der Waals surface area contributed by atoms with Crippen LogP contribution in [-0.4, -0.2) is 6.54 Å². The molecule has 0 saturated carbocycles. The molecule has 134 valence electrons. The van der Waals surface area contributed by atoms with E-state index in [0.29, 0.717) is 6.61 Å². The third-order valence-electron chi connectivity index (χ3n) is 4.41. The summed E-state index contributed by atoms with van der Waals surface area (Å²) in [4.78, 5) is 0. The van der Waals surface area contributed by atoms with Gasteiger partial charge in [-0.2, -0.15) is 0 Å². The molecule has 3 aromatic carbocycles. The molecule has 0 atom stereocenters. The molecule has 3 rings (SSSR count). The van der Waals surface area contributed by atoms with Crippen LogP contribution in [0.4, 0.5) is 0 Å². The number of ether oxygens (including phenoxy) is 1. The van der Waals surface area contributed by atoms with Gasteiger partial charge in [0, 0.05) is 6.54 Å². The minimum absolute atomic E-state index is 0.611. The molecular weight excluding hydrogens is 318 g/mol. The quantitative estimate of drug-likeness (QED) is 0.498. The van der Waals surface area contributed by atoms with E-state index in [9.17, 15) is 0 Å². The molecule has 2 nitrogen and oxygen atoms in total. The zero-order valence-electron chi connectivity index (χ0n) is 15.2. The third kappa shape index (κ3) is 6.38. The van der Waals surface area contributed by atoms with Gasteiger partial charge in [-0.1, -0.05) is 72.8 Å². The van der Waals surface area contributed by atoms with E-state index in [-0.39, 0.29) is 0 Å². The molecule has 3 aromatic rings. The third-order valence-corrected chi connectivity index (χ3v) is 4.41. The summed E-state index contributed by atoms with van der Waals surface area (Å²) in [5.74, 6) is 0.917. The van der Waals surface area contributed by atoms with Gasteiger partial charge in [-0.05, 0) is 54.6 Å². The largest absolute Gasteiger partial charge is 0.489 e. The summed E-state index contributed by atoms with van der Waals surface area (Å²) in [6.07, 6.45) is 3.59. The number of unbranched alkanes of at least 4 members (excludes halogenated alkanes) is 1. The summed E-state index contributed by atoms with van der Waals surface area (Å²) in [6, 6.07) is 29.3. The fourth-order valence-corrected chi connectivity index (χ4v) is 2.90. The topological polar surface area (TPSA) is 21.3 Å². The summed E-state index contributed by atoms with van der Waals surface area (Å²) < 4.78 is 5.83. The molecule has 0 spiro atoms. The van der Waals surface area contributed by atoms with Gasteiger partial charge in [-0.15, -0.1) is 0 Å². The first kappa shape index (κ1) is 18.2. The standard InChI is InChI=1S/C24H27NO/c1-3-9-21(10-4-1)11-7-8-18-25-19-22-14-16-24(17-15-22)26-20-23-12-5-2-6-13-23/h1-6,9-10,12-17,25H,7-8,11,18-20H2. The zero-order chi connectivity index (χ0) is 17.9. The second-order valence-corrected chi connectivity index (χ2v) is 6.54. The Kier molecular flexibility index (Phi) is 7.30. The summed E-state index contributed by atoms with van der Waals surface area (Å²) in [6.45, 7) is 2.57. The van der Waals surface area contributed by atoms with E-state index in [0.717, 1.165) is 25.3 Å². The van der Waals surface area contributed by atoms with Gasteiger partial charge in [-0.3, -0.25) is 0 Å². The van der Waals surface area contributed by atoms with Crippen molar-refractivity contribution in [2.45, 2.75) is 32.4 Å². The minimum atomic E-state index is 0.611. The fourth-order valence-electron chi connectivity index (χ4n) is 2.90. The normalized spacial score (nSPS) is 10.6. The summed E-state index contributed by atoms with van der Waals surface area (Å²) in [5, 5.41) is 3.52. The second-order valence-electron chi connectivity index (χ2n) is 6.54. The molecule has 0 fully saturated rings. The van der Waals surface area contributed by atoms with Crippen molar-refractivity contribution in [1.82, 2.24) is 5.32 Å². The van der Waals surface area contributed by atoms with E-state index < -0.39 is 0 Å². The van der Waals surface area contributed by atoms with Crippen LogP contribution in [0.3, 0.4) is 0 Å². The molecular formula is C24H27NO. The lowest BCUT2D eigenvalue weighted by Gasteiger charge is -2.08. The summed E-state index contributed by atoms with van der Waals surface area (Å²) in [5.41, 5.74) is 3.91. The average Bonchev–Trinajstić information content (AvgIpc) is 2.71. The van der Waals surface area contributed by atoms with E-state index in [1.165, 1.54) is 29.5 Å². The lowest BCUT2D eigenvalue weighted by Crippen LogP contribution is -2.14. The van der Waals surface area contributed by atoms with E-state index >= 15 is 0 Å². The first-order valence-electron chi connectivity index (χ1n) is 9.40. The van der Waals surface area contributed by atoms with Crippen molar-refractivity contribution in [2.24, 2.45) is 0 Å². The number of rotatable bonds is 10. The van der Waals surface area contributed by atoms with E-state index in [4.69, 9.17) is 4.74 Å². The molecule has 0 amide bonds. The van der Waals surface area contributed by atoms with Crippen molar-refractivity contribution in [3.05, 3.63) is 102 Å². The van der Waals surface area contributed by atoms with Gasteiger partial charge in [-0.25, -0.2) is 0 Å². The molecule has 1 N–H and O–H groups in total. The number of aryl methyl sites for hydroxylation is 1. The maximum Gasteiger partial charge on any atom is 0.119 e. The van der Waals surface area contributed by atoms with E-state index in [2.05, 4.69) is 72.0 Å². The fraction of sp³-hybridized carbons (Fsp3) is 0.250. The number of nitrogens with one attached hydrogen (secondary N) is 1. The molecule has 0 aliphatic heterocycles. The minimum Gasteiger partial charge on any atom is -0.489 e. The molecule has 2 heteroatoms. The van der Waals surface area contributed by atoms with Gasteiger partial charge in [0.15, 0.2) is 0 Å². The average molecular weight is 345 g/mol. The van der Waals surface area contributed by atoms with Gasteiger partial charge < -0.3 is 10.1 Å². The molecule has 0 aliphatic carbocycles. The van der Waals surface area contributed by atoms with Gasteiger partial charge >= 0.3 is 0 Å². The lowest BCUT2D eigenvalue weighted by atomic mass is 10.1. The highest BCUT2D eigenvalue weighted by Gasteiger charge is 1.98. The predicted octanol–water partition coefficient (Wildman–Crippen LogP) is 5.38. The second kappa shape index (κ2) is 10.4. The van der Waals surface area contributed by atoms with Crippen molar-refractivity contribution in [3.8, 4) is 5.75 Å². The van der Waals surface area contributed by atoms with E-state index in [1.807, 2.05) is 18.2 Å². The summed E-state index contributed by atoms with van der Waals surface area (Å²) in [7, 11) is 0. The van der Waals surface area contributed by atoms with Gasteiger partial charge in [0.1, 0.15) is 12.4 Å². The van der Waals surface area contributed by atoms with Crippen molar-refractivity contribution in [3.63, 3.8) is 0 Å². The Bertz CT molecular complexity index is 738. The van der Waals surface area contributed by atoms with E-state index in [1.54, 1.807) is 0 Å². The highest BCUT2D eigenvalue weighted by Crippen LogP contribution is 2.14. The van der Waals surface area contributed by atoms with Crippen LogP contribution in [-0.2, 0) is 19.6 Å². The van der Waals surface area contributed by atoms with Crippen molar-refractivity contribution < 1.29 is 4.74 Å². The van der Waals surface area contributed by atoms with Crippen LogP contribution in [0.15, 0.2) is 84.9 Å². The molecule has 0 unspecified atom stereocenters. The summed E-state index contributed by atoms with van der Waals surface area (Å²) >= 11 is 0. The van der Waals surface area contributed by atoms with Gasteiger partial charge in [0.2, 0.25) is 0 Å². The molecule has 0 radical (unpaired) electrons. The Morgan fingerprint density at radius 2 is 1.27 bits per heavy atom. The molecule has 0 saturated heterocycles. The Hall–Kier alpha value is -2.58. The number of hydrogen-bond acceptors (Lipinski definition) is 2. The van der Waals surface area contributed by atoms with Crippen molar-refractivity contribution in [1.29, 1.82) is 0 Å². The Balaban J connectivity index is 1.30. The van der Waals surface area contributed by atoms with Gasteiger partial charge in [0.05, 0.1) is 0 Å². The number of benzene rings is 3. The zero-order valence-corrected chi connectivity index (χ0v) is 15.2. The molecule has 0 aliphatic rings.